The van der Waals surface area contributed by atoms with Crippen LogP contribution in [0.1, 0.15) is 17.3 Å². The summed E-state index contributed by atoms with van der Waals surface area (Å²) in [6, 6.07) is 8.01. The molecule has 0 fully saturated rings. The lowest BCUT2D eigenvalue weighted by atomic mass is 10.1. The molecule has 162 valence electrons. The Kier molecular flexibility index (Phi) is 6.44. The molecule has 31 heavy (non-hydrogen) atoms. The Labute approximate surface area is 179 Å². The molecule has 0 unspecified atom stereocenters. The summed E-state index contributed by atoms with van der Waals surface area (Å²) in [6.07, 6.45) is 1.53. The number of carbonyl (C=O) groups excluding carboxylic acids is 1. The number of benzene rings is 2. The Morgan fingerprint density at radius 1 is 1.00 bits per heavy atom. The number of nitrogens with zero attached hydrogens (tertiary/aromatic N) is 2. The fourth-order valence-corrected chi connectivity index (χ4v) is 3.09. The first-order valence-electron chi connectivity index (χ1n) is 9.34. The van der Waals surface area contributed by atoms with Gasteiger partial charge in [-0.25, -0.2) is 9.97 Å². The number of carbonyl (C=O) groups is 1. The Balaban J connectivity index is 2.14. The number of aromatic nitrogens is 2. The molecule has 3 rings (SSSR count). The van der Waals surface area contributed by atoms with Gasteiger partial charge >= 0.3 is 0 Å². The van der Waals surface area contributed by atoms with Crippen molar-refractivity contribution in [1.82, 2.24) is 9.97 Å². The van der Waals surface area contributed by atoms with Crippen LogP contribution in [0, 0.1) is 0 Å². The maximum Gasteiger partial charge on any atom is 0.203 e. The predicted octanol–water partition coefficient (Wildman–Crippen LogP) is 2.18. The number of hydrogen-bond acceptors (Lipinski definition) is 9. The molecule has 3 aromatic rings. The minimum absolute atomic E-state index is 0.0575. The van der Waals surface area contributed by atoms with E-state index in [4.69, 9.17) is 24.7 Å². The van der Waals surface area contributed by atoms with E-state index in [0.29, 0.717) is 39.8 Å². The van der Waals surface area contributed by atoms with Crippen LogP contribution < -0.4 is 29.8 Å². The molecule has 9 nitrogen and oxygen atoms in total. The van der Waals surface area contributed by atoms with Gasteiger partial charge in [0.25, 0.3) is 0 Å². The molecule has 1 aromatic heterocycles. The van der Waals surface area contributed by atoms with E-state index in [1.807, 2.05) is 0 Å². The molecule has 0 atom stereocenters. The van der Waals surface area contributed by atoms with Crippen LogP contribution in [0.2, 0.25) is 0 Å². The normalized spacial score (nSPS) is 10.5. The molecule has 9 heteroatoms. The van der Waals surface area contributed by atoms with E-state index < -0.39 is 5.97 Å². The third-order valence-electron chi connectivity index (χ3n) is 4.54. The minimum atomic E-state index is -1.33. The van der Waals surface area contributed by atoms with Gasteiger partial charge < -0.3 is 34.6 Å². The highest BCUT2D eigenvalue weighted by molar-refractivity contribution is 5.90. The van der Waals surface area contributed by atoms with E-state index in [2.05, 4.69) is 9.97 Å². The third-order valence-corrected chi connectivity index (χ3v) is 4.54. The lowest BCUT2D eigenvalue weighted by Crippen LogP contribution is -2.23. The molecular weight excluding hydrogens is 402 g/mol. The van der Waals surface area contributed by atoms with Gasteiger partial charge in [-0.3, -0.25) is 0 Å². The molecule has 0 saturated heterocycles. The van der Waals surface area contributed by atoms with E-state index >= 15 is 0 Å². The Morgan fingerprint density at radius 2 is 1.65 bits per heavy atom. The second-order valence-corrected chi connectivity index (χ2v) is 6.33. The van der Waals surface area contributed by atoms with Gasteiger partial charge in [-0.1, -0.05) is 6.07 Å². The van der Waals surface area contributed by atoms with Crippen molar-refractivity contribution in [3.63, 3.8) is 0 Å². The molecule has 2 aromatic carbocycles. The minimum Gasteiger partial charge on any atom is -0.545 e. The van der Waals surface area contributed by atoms with E-state index in [1.165, 1.54) is 33.6 Å². The number of ether oxygens (including phenoxy) is 4. The van der Waals surface area contributed by atoms with Gasteiger partial charge in [0, 0.05) is 16.7 Å². The zero-order valence-corrected chi connectivity index (χ0v) is 17.6. The largest absolute Gasteiger partial charge is 0.545 e. The lowest BCUT2D eigenvalue weighted by Gasteiger charge is -2.15. The van der Waals surface area contributed by atoms with Crippen LogP contribution in [0.3, 0.4) is 0 Å². The predicted molar refractivity (Wildman–Crippen MR) is 112 cm³/mol. The molecular formula is C22H22N3O6-. The zero-order chi connectivity index (χ0) is 22.5. The number of hydrogen-bond donors (Lipinski definition) is 1. The van der Waals surface area contributed by atoms with Crippen LogP contribution in [-0.2, 0) is 0 Å². The molecule has 0 aliphatic heterocycles. The van der Waals surface area contributed by atoms with Crippen molar-refractivity contribution in [2.24, 2.45) is 0 Å². The maximum atomic E-state index is 11.3. The first-order valence-corrected chi connectivity index (χ1v) is 9.34. The first kappa shape index (κ1) is 21.7. The first-order chi connectivity index (χ1) is 14.9. The second kappa shape index (κ2) is 9.21. The summed E-state index contributed by atoms with van der Waals surface area (Å²) in [5.41, 5.74) is 8.10. The average Bonchev–Trinajstić information content (AvgIpc) is 2.78. The Morgan fingerprint density at radius 3 is 2.19 bits per heavy atom. The van der Waals surface area contributed by atoms with E-state index in [1.54, 1.807) is 31.2 Å². The number of anilines is 1. The molecule has 0 aliphatic rings. The second-order valence-electron chi connectivity index (χ2n) is 6.33. The van der Waals surface area contributed by atoms with Crippen molar-refractivity contribution >= 4 is 11.8 Å². The number of carboxylic acid groups (broad SMARTS) is 1. The van der Waals surface area contributed by atoms with Gasteiger partial charge in [0.1, 0.15) is 17.3 Å². The molecule has 0 aliphatic carbocycles. The van der Waals surface area contributed by atoms with Crippen LogP contribution >= 0.6 is 0 Å². The van der Waals surface area contributed by atoms with Gasteiger partial charge in [0.15, 0.2) is 11.5 Å². The summed E-state index contributed by atoms with van der Waals surface area (Å²) in [7, 11) is 4.57. The topological polar surface area (TPSA) is 129 Å². The van der Waals surface area contributed by atoms with Gasteiger partial charge in [-0.15, -0.1) is 0 Å². The molecule has 0 spiro atoms. The van der Waals surface area contributed by atoms with Crippen LogP contribution in [-0.4, -0.2) is 43.9 Å². The highest BCUT2D eigenvalue weighted by Gasteiger charge is 2.17. The molecule has 0 bridgehead atoms. The lowest BCUT2D eigenvalue weighted by molar-refractivity contribution is -0.255. The highest BCUT2D eigenvalue weighted by atomic mass is 16.5. The summed E-state index contributed by atoms with van der Waals surface area (Å²) >= 11 is 0. The SMILES string of the molecule is CCOc1cc(-c2nc(-c3cc(OC)c(OC)c(OC)c3)cnc2N)ccc1C(=O)[O-]. The van der Waals surface area contributed by atoms with Crippen LogP contribution in [0.4, 0.5) is 5.82 Å². The third kappa shape index (κ3) is 4.30. The summed E-state index contributed by atoms with van der Waals surface area (Å²) in [5, 5.41) is 11.3. The standard InChI is InChI=1S/C22H23N3O6/c1-5-31-16-8-12(6-7-14(16)22(26)27)19-21(23)24-11-15(25-19)13-9-17(28-2)20(30-4)18(10-13)29-3/h6-11H,5H2,1-4H3,(H2,23,24)(H,26,27)/p-1. The average molecular weight is 424 g/mol. The van der Waals surface area contributed by atoms with E-state index in [9.17, 15) is 9.90 Å². The van der Waals surface area contributed by atoms with Crippen molar-refractivity contribution < 1.29 is 28.8 Å². The van der Waals surface area contributed by atoms with E-state index in [-0.39, 0.29) is 23.7 Å². The number of rotatable bonds is 8. The molecule has 1 heterocycles. The summed E-state index contributed by atoms with van der Waals surface area (Å²) in [6.45, 7) is 2.04. The molecule has 2 N–H and O–H groups in total. The van der Waals surface area contributed by atoms with Crippen LogP contribution in [0.15, 0.2) is 36.5 Å². The smallest absolute Gasteiger partial charge is 0.203 e. The summed E-state index contributed by atoms with van der Waals surface area (Å²) in [5.74, 6) is 0.402. The fourth-order valence-electron chi connectivity index (χ4n) is 3.09. The molecule has 0 saturated carbocycles. The summed E-state index contributed by atoms with van der Waals surface area (Å²) < 4.78 is 21.6. The Hall–Kier alpha value is -4.01. The van der Waals surface area contributed by atoms with Crippen LogP contribution in [0.25, 0.3) is 22.5 Å². The van der Waals surface area contributed by atoms with E-state index in [0.717, 1.165) is 0 Å². The monoisotopic (exact) mass is 424 g/mol. The van der Waals surface area contributed by atoms with Crippen molar-refractivity contribution in [2.45, 2.75) is 6.92 Å². The van der Waals surface area contributed by atoms with Gasteiger partial charge in [-0.2, -0.15) is 0 Å². The maximum absolute atomic E-state index is 11.3. The van der Waals surface area contributed by atoms with Crippen molar-refractivity contribution in [1.29, 1.82) is 0 Å². The number of nitrogen functional groups attached to an aromatic ring is 1. The number of aromatic carboxylic acids is 1. The number of nitrogens with two attached hydrogens (primary N) is 1. The number of methoxy groups -OCH3 is 3. The van der Waals surface area contributed by atoms with Crippen molar-refractivity contribution in [3.05, 3.63) is 42.1 Å². The van der Waals surface area contributed by atoms with Gasteiger partial charge in [0.05, 0.1) is 45.8 Å². The van der Waals surface area contributed by atoms with Crippen molar-refractivity contribution in [2.75, 3.05) is 33.7 Å². The van der Waals surface area contributed by atoms with Gasteiger partial charge in [0.2, 0.25) is 5.75 Å². The Bertz CT molecular complexity index is 1090. The van der Waals surface area contributed by atoms with Gasteiger partial charge in [-0.05, 0) is 31.2 Å². The molecule has 0 amide bonds. The summed E-state index contributed by atoms with van der Waals surface area (Å²) in [4.78, 5) is 20.2. The fraction of sp³-hybridized carbons (Fsp3) is 0.227. The van der Waals surface area contributed by atoms with Crippen molar-refractivity contribution in [3.8, 4) is 45.5 Å². The van der Waals surface area contributed by atoms with Crippen LogP contribution in [0.5, 0.6) is 23.0 Å². The highest BCUT2D eigenvalue weighted by Crippen LogP contribution is 2.41. The quantitative estimate of drug-likeness (QED) is 0.578. The zero-order valence-electron chi connectivity index (χ0n) is 17.6. The molecule has 0 radical (unpaired) electrons. The number of carboxylic acids is 1.